The van der Waals surface area contributed by atoms with Crippen molar-refractivity contribution in [2.24, 2.45) is 0 Å². The molecule has 0 saturated carbocycles. The highest BCUT2D eigenvalue weighted by Crippen LogP contribution is 2.19. The molecule has 0 radical (unpaired) electrons. The Morgan fingerprint density at radius 3 is 2.47 bits per heavy atom. The summed E-state index contributed by atoms with van der Waals surface area (Å²) in [5.41, 5.74) is 0. The first-order valence-corrected chi connectivity index (χ1v) is 5.77. The van der Waals surface area contributed by atoms with Gasteiger partial charge in [-0.3, -0.25) is 0 Å². The van der Waals surface area contributed by atoms with E-state index in [1.54, 1.807) is 11.9 Å². The minimum atomic E-state index is -4.11. The second-order valence-corrected chi connectivity index (χ2v) is 4.09. The van der Waals surface area contributed by atoms with Crippen LogP contribution in [0.1, 0.15) is 26.2 Å². The fraction of sp³-hybridized carbons (Fsp3) is 0.909. The van der Waals surface area contributed by atoms with Gasteiger partial charge in [0.25, 0.3) is 0 Å². The van der Waals surface area contributed by atoms with Gasteiger partial charge in [-0.05, 0) is 26.4 Å². The number of alkyl halides is 3. The van der Waals surface area contributed by atoms with Crippen LogP contribution in [0.25, 0.3) is 0 Å². The van der Waals surface area contributed by atoms with E-state index in [-0.39, 0.29) is 12.6 Å². The highest BCUT2D eigenvalue weighted by molar-refractivity contribution is 4.89. The second kappa shape index (κ2) is 8.31. The SMILES string of the molecule is CCCNC(C#N)CCN(C)CCC(F)(F)F. The quantitative estimate of drug-likeness (QED) is 0.718. The zero-order chi connectivity index (χ0) is 13.3. The smallest absolute Gasteiger partial charge is 0.306 e. The summed E-state index contributed by atoms with van der Waals surface area (Å²) in [5.74, 6) is 0. The molecule has 0 aliphatic rings. The molecule has 0 fully saturated rings. The van der Waals surface area contributed by atoms with Crippen molar-refractivity contribution < 1.29 is 13.2 Å². The molecule has 1 N–H and O–H groups in total. The van der Waals surface area contributed by atoms with Crippen molar-refractivity contribution in [2.75, 3.05) is 26.7 Å². The fourth-order valence-electron chi connectivity index (χ4n) is 1.31. The van der Waals surface area contributed by atoms with Gasteiger partial charge in [0.15, 0.2) is 0 Å². The van der Waals surface area contributed by atoms with Gasteiger partial charge in [-0.25, -0.2) is 0 Å². The average Bonchev–Trinajstić information content (AvgIpc) is 2.25. The largest absolute Gasteiger partial charge is 0.390 e. The first-order valence-electron chi connectivity index (χ1n) is 5.77. The maximum absolute atomic E-state index is 12.0. The van der Waals surface area contributed by atoms with E-state index < -0.39 is 12.6 Å². The zero-order valence-electron chi connectivity index (χ0n) is 10.3. The van der Waals surface area contributed by atoms with Crippen molar-refractivity contribution in [1.29, 1.82) is 5.26 Å². The number of nitrogens with zero attached hydrogens (tertiary/aromatic N) is 2. The molecule has 0 rings (SSSR count). The maximum Gasteiger partial charge on any atom is 0.390 e. The maximum atomic E-state index is 12.0. The summed E-state index contributed by atoms with van der Waals surface area (Å²) in [7, 11) is 1.64. The molecule has 0 aromatic heterocycles. The lowest BCUT2D eigenvalue weighted by molar-refractivity contribution is -0.137. The van der Waals surface area contributed by atoms with Crippen molar-refractivity contribution in [1.82, 2.24) is 10.2 Å². The van der Waals surface area contributed by atoms with E-state index in [2.05, 4.69) is 11.4 Å². The van der Waals surface area contributed by atoms with Crippen LogP contribution in [0.2, 0.25) is 0 Å². The predicted octanol–water partition coefficient (Wildman–Crippen LogP) is 2.15. The van der Waals surface area contributed by atoms with E-state index in [0.717, 1.165) is 13.0 Å². The Kier molecular flexibility index (Phi) is 7.92. The number of nitrogens with one attached hydrogen (secondary N) is 1. The van der Waals surface area contributed by atoms with E-state index in [0.29, 0.717) is 13.0 Å². The molecule has 100 valence electrons. The molecule has 0 amide bonds. The Morgan fingerprint density at radius 1 is 1.35 bits per heavy atom. The highest BCUT2D eigenvalue weighted by Gasteiger charge is 2.27. The monoisotopic (exact) mass is 251 g/mol. The Labute approximate surface area is 101 Å². The van der Waals surface area contributed by atoms with Gasteiger partial charge in [-0.2, -0.15) is 18.4 Å². The van der Waals surface area contributed by atoms with Crippen LogP contribution in [-0.4, -0.2) is 43.8 Å². The Bertz CT molecular complexity index is 235. The lowest BCUT2D eigenvalue weighted by Gasteiger charge is -2.19. The van der Waals surface area contributed by atoms with Crippen LogP contribution < -0.4 is 5.32 Å². The fourth-order valence-corrected chi connectivity index (χ4v) is 1.31. The summed E-state index contributed by atoms with van der Waals surface area (Å²) < 4.78 is 35.9. The number of rotatable bonds is 8. The Morgan fingerprint density at radius 2 is 2.00 bits per heavy atom. The molecule has 0 heterocycles. The highest BCUT2D eigenvalue weighted by atomic mass is 19.4. The van der Waals surface area contributed by atoms with Crippen molar-refractivity contribution in [3.63, 3.8) is 0 Å². The van der Waals surface area contributed by atoms with Crippen molar-refractivity contribution in [3.05, 3.63) is 0 Å². The molecule has 0 aliphatic carbocycles. The van der Waals surface area contributed by atoms with Gasteiger partial charge in [-0.1, -0.05) is 6.92 Å². The molecule has 0 spiro atoms. The van der Waals surface area contributed by atoms with Crippen LogP contribution in [-0.2, 0) is 0 Å². The molecule has 0 aromatic carbocycles. The number of halogens is 3. The predicted molar refractivity (Wildman–Crippen MR) is 60.5 cm³/mol. The van der Waals surface area contributed by atoms with Gasteiger partial charge in [0.05, 0.1) is 18.5 Å². The standard InChI is InChI=1S/C11H20F3N3/c1-3-6-16-10(9-15)4-7-17(2)8-5-11(12,13)14/h10,16H,3-8H2,1-2H3. The Balaban J connectivity index is 3.74. The van der Waals surface area contributed by atoms with Crippen molar-refractivity contribution >= 4 is 0 Å². The number of hydrogen-bond donors (Lipinski definition) is 1. The lowest BCUT2D eigenvalue weighted by Crippen LogP contribution is -2.33. The van der Waals surface area contributed by atoms with Crippen molar-refractivity contribution in [3.8, 4) is 6.07 Å². The molecule has 0 aromatic rings. The third-order valence-electron chi connectivity index (χ3n) is 2.37. The molecular formula is C11H20F3N3. The van der Waals surface area contributed by atoms with Crippen LogP contribution in [0.15, 0.2) is 0 Å². The summed E-state index contributed by atoms with van der Waals surface area (Å²) in [5, 5.41) is 11.9. The minimum absolute atomic E-state index is 0.0184. The first kappa shape index (κ1) is 16.2. The van der Waals surface area contributed by atoms with E-state index in [4.69, 9.17) is 5.26 Å². The van der Waals surface area contributed by atoms with Crippen LogP contribution in [0.5, 0.6) is 0 Å². The zero-order valence-corrected chi connectivity index (χ0v) is 10.3. The van der Waals surface area contributed by atoms with Gasteiger partial charge < -0.3 is 10.2 Å². The van der Waals surface area contributed by atoms with Crippen molar-refractivity contribution in [2.45, 2.75) is 38.4 Å². The molecule has 1 unspecified atom stereocenters. The normalized spacial score (nSPS) is 13.7. The third-order valence-corrected chi connectivity index (χ3v) is 2.37. The van der Waals surface area contributed by atoms with Crippen LogP contribution in [0.3, 0.4) is 0 Å². The number of nitriles is 1. The van der Waals surface area contributed by atoms with Gasteiger partial charge in [0.2, 0.25) is 0 Å². The summed E-state index contributed by atoms with van der Waals surface area (Å²) in [6.45, 7) is 3.22. The summed E-state index contributed by atoms with van der Waals surface area (Å²) in [6, 6.07) is 1.83. The van der Waals surface area contributed by atoms with E-state index >= 15 is 0 Å². The summed E-state index contributed by atoms with van der Waals surface area (Å²) in [4.78, 5) is 1.60. The van der Waals surface area contributed by atoms with E-state index in [1.807, 2.05) is 6.92 Å². The first-order chi connectivity index (χ1) is 7.89. The van der Waals surface area contributed by atoms with Crippen LogP contribution >= 0.6 is 0 Å². The lowest BCUT2D eigenvalue weighted by atomic mass is 10.2. The van der Waals surface area contributed by atoms with Gasteiger partial charge in [0.1, 0.15) is 0 Å². The second-order valence-electron chi connectivity index (χ2n) is 4.09. The molecule has 1 atom stereocenters. The van der Waals surface area contributed by atoms with E-state index in [1.165, 1.54) is 0 Å². The molecule has 17 heavy (non-hydrogen) atoms. The van der Waals surface area contributed by atoms with Gasteiger partial charge in [-0.15, -0.1) is 0 Å². The van der Waals surface area contributed by atoms with Crippen LogP contribution in [0, 0.1) is 11.3 Å². The summed E-state index contributed by atoms with van der Waals surface area (Å²) >= 11 is 0. The number of hydrogen-bond acceptors (Lipinski definition) is 3. The minimum Gasteiger partial charge on any atom is -0.306 e. The molecular weight excluding hydrogens is 231 g/mol. The topological polar surface area (TPSA) is 39.1 Å². The van der Waals surface area contributed by atoms with Crippen LogP contribution in [0.4, 0.5) is 13.2 Å². The summed E-state index contributed by atoms with van der Waals surface area (Å²) in [6.07, 6.45) is -3.43. The molecule has 0 saturated heterocycles. The van der Waals surface area contributed by atoms with Gasteiger partial charge in [0, 0.05) is 13.1 Å². The molecule has 0 bridgehead atoms. The molecule has 0 aliphatic heterocycles. The molecule has 6 heteroatoms. The average molecular weight is 251 g/mol. The van der Waals surface area contributed by atoms with Gasteiger partial charge >= 0.3 is 6.18 Å². The molecule has 3 nitrogen and oxygen atoms in total. The Hall–Kier alpha value is -0.800. The van der Waals surface area contributed by atoms with E-state index in [9.17, 15) is 13.2 Å². The third kappa shape index (κ3) is 10.1.